The Kier molecular flexibility index (Phi) is 3.54. The first-order valence-corrected chi connectivity index (χ1v) is 7.26. The van der Waals surface area contributed by atoms with Gasteiger partial charge in [-0.3, -0.25) is 15.2 Å². The molecule has 1 aliphatic rings. The van der Waals surface area contributed by atoms with Crippen LogP contribution in [0.15, 0.2) is 23.1 Å². The average Bonchev–Trinajstić information content (AvgIpc) is 2.70. The molecule has 5 N–H and O–H groups in total. The van der Waals surface area contributed by atoms with Crippen molar-refractivity contribution in [1.82, 2.24) is 16.0 Å². The van der Waals surface area contributed by atoms with Gasteiger partial charge in [-0.15, -0.1) is 0 Å². The Morgan fingerprint density at radius 2 is 1.89 bits per heavy atom. The highest BCUT2D eigenvalue weighted by molar-refractivity contribution is 7.85. The fourth-order valence-corrected chi connectivity index (χ4v) is 3.00. The minimum atomic E-state index is -4.20. The van der Waals surface area contributed by atoms with E-state index in [0.717, 1.165) is 11.3 Å². The molecule has 1 heterocycles. The first-order valence-electron chi connectivity index (χ1n) is 5.82. The quantitative estimate of drug-likeness (QED) is 0.383. The highest BCUT2D eigenvalue weighted by Gasteiger charge is 2.43. The van der Waals surface area contributed by atoms with Gasteiger partial charge < -0.3 is 10.6 Å². The highest BCUT2D eigenvalue weighted by Crippen LogP contribution is 2.38. The van der Waals surface area contributed by atoms with Crippen LogP contribution in [0.2, 0.25) is 0 Å². The molecule has 0 radical (unpaired) electrons. The number of benzene rings is 1. The lowest BCUT2D eigenvalue weighted by Crippen LogP contribution is -2.63. The van der Waals surface area contributed by atoms with Crippen molar-refractivity contribution in [3.05, 3.63) is 23.8 Å². The molecule has 7 nitrogen and oxygen atoms in total. The van der Waals surface area contributed by atoms with Crippen LogP contribution in [0.5, 0.6) is 0 Å². The molecule has 1 aromatic carbocycles. The Hall–Kier alpha value is -1.19. The van der Waals surface area contributed by atoms with Crippen molar-refractivity contribution in [2.24, 2.45) is 0 Å². The molecule has 0 amide bonds. The maximum absolute atomic E-state index is 11.2. The van der Waals surface area contributed by atoms with Gasteiger partial charge in [-0.25, -0.2) is 0 Å². The Morgan fingerprint density at radius 1 is 1.26 bits per heavy atom. The molecule has 2 rings (SSSR count). The van der Waals surface area contributed by atoms with E-state index in [1.165, 1.54) is 12.1 Å². The number of rotatable bonds is 4. The van der Waals surface area contributed by atoms with Crippen LogP contribution in [0.25, 0.3) is 0 Å². The fourth-order valence-electron chi connectivity index (χ4n) is 2.48. The lowest BCUT2D eigenvalue weighted by molar-refractivity contribution is 0.268. The van der Waals surface area contributed by atoms with Gasteiger partial charge in [0.15, 0.2) is 5.79 Å². The van der Waals surface area contributed by atoms with Crippen molar-refractivity contribution in [3.63, 3.8) is 0 Å². The predicted octanol–water partition coefficient (Wildman–Crippen LogP) is -0.288. The van der Waals surface area contributed by atoms with Crippen molar-refractivity contribution < 1.29 is 13.0 Å². The molecule has 0 saturated heterocycles. The van der Waals surface area contributed by atoms with Crippen LogP contribution in [0.1, 0.15) is 11.6 Å². The minimum absolute atomic E-state index is 0.115. The lowest BCUT2D eigenvalue weighted by atomic mass is 10.0. The molecular weight excluding hydrogens is 268 g/mol. The summed E-state index contributed by atoms with van der Waals surface area (Å²) in [4.78, 5) is -0.115. The molecule has 1 aromatic rings. The minimum Gasteiger partial charge on any atom is -0.353 e. The molecule has 1 atom stereocenters. The van der Waals surface area contributed by atoms with Gasteiger partial charge in [-0.1, -0.05) is 0 Å². The summed E-state index contributed by atoms with van der Waals surface area (Å²) in [6.07, 6.45) is 0. The number of hydrogen-bond acceptors (Lipinski definition) is 6. The summed E-state index contributed by atoms with van der Waals surface area (Å²) in [5.41, 5.74) is 1.57. The molecule has 0 fully saturated rings. The second-order valence-corrected chi connectivity index (χ2v) is 5.80. The van der Waals surface area contributed by atoms with Crippen LogP contribution < -0.4 is 21.3 Å². The van der Waals surface area contributed by atoms with Gasteiger partial charge in [-0.2, -0.15) is 8.42 Å². The average molecular weight is 286 g/mol. The summed E-state index contributed by atoms with van der Waals surface area (Å²) >= 11 is 0. The van der Waals surface area contributed by atoms with Gasteiger partial charge in [0, 0.05) is 5.69 Å². The summed E-state index contributed by atoms with van der Waals surface area (Å²) in [5.74, 6) is -0.616. The molecule has 8 heteroatoms. The van der Waals surface area contributed by atoms with Gasteiger partial charge in [0.25, 0.3) is 10.1 Å². The number of anilines is 1. The molecule has 0 aromatic heterocycles. The molecule has 0 spiro atoms. The van der Waals surface area contributed by atoms with Crippen LogP contribution >= 0.6 is 0 Å². The van der Waals surface area contributed by atoms with E-state index in [2.05, 4.69) is 21.3 Å². The maximum Gasteiger partial charge on any atom is 0.294 e. The SMILES string of the molecule is CNC1c2cc(S(=O)(=O)O)ccc2NC1(NC)NC. The number of nitrogens with one attached hydrogen (secondary N) is 4. The molecule has 0 saturated carbocycles. The van der Waals surface area contributed by atoms with Gasteiger partial charge in [0.1, 0.15) is 0 Å². The van der Waals surface area contributed by atoms with Crippen LogP contribution in [-0.4, -0.2) is 39.9 Å². The van der Waals surface area contributed by atoms with E-state index >= 15 is 0 Å². The van der Waals surface area contributed by atoms with Crippen LogP contribution in [0.4, 0.5) is 5.69 Å². The van der Waals surface area contributed by atoms with E-state index in [9.17, 15) is 8.42 Å². The fraction of sp³-hybridized carbons (Fsp3) is 0.455. The second-order valence-electron chi connectivity index (χ2n) is 4.38. The molecule has 0 aliphatic carbocycles. The van der Waals surface area contributed by atoms with Crippen molar-refractivity contribution >= 4 is 15.8 Å². The van der Waals surface area contributed by atoms with Crippen molar-refractivity contribution in [2.75, 3.05) is 26.5 Å². The van der Waals surface area contributed by atoms with E-state index in [1.807, 2.05) is 0 Å². The van der Waals surface area contributed by atoms with E-state index in [-0.39, 0.29) is 10.9 Å². The number of hydrogen-bond donors (Lipinski definition) is 5. The Bertz CT molecular complexity index is 584. The summed E-state index contributed by atoms with van der Waals surface area (Å²) in [7, 11) is 1.17. The zero-order chi connectivity index (χ0) is 14.3. The third-order valence-electron chi connectivity index (χ3n) is 3.47. The van der Waals surface area contributed by atoms with Gasteiger partial charge in [0.2, 0.25) is 0 Å². The van der Waals surface area contributed by atoms with Crippen molar-refractivity contribution in [2.45, 2.75) is 16.7 Å². The van der Waals surface area contributed by atoms with Gasteiger partial charge in [0.05, 0.1) is 10.9 Å². The van der Waals surface area contributed by atoms with Crippen LogP contribution in [0.3, 0.4) is 0 Å². The molecule has 0 bridgehead atoms. The van der Waals surface area contributed by atoms with Gasteiger partial charge in [-0.05, 0) is 44.9 Å². The monoisotopic (exact) mass is 286 g/mol. The van der Waals surface area contributed by atoms with Crippen LogP contribution in [-0.2, 0) is 10.1 Å². The normalized spacial score (nSPS) is 20.9. The first-order chi connectivity index (χ1) is 8.88. The third-order valence-corrected chi connectivity index (χ3v) is 4.32. The zero-order valence-electron chi connectivity index (χ0n) is 11.0. The van der Waals surface area contributed by atoms with E-state index in [1.54, 1.807) is 27.2 Å². The smallest absolute Gasteiger partial charge is 0.294 e. The number of likely N-dealkylation sites (N-methyl/N-ethyl adjacent to an activating group) is 3. The lowest BCUT2D eigenvalue weighted by Gasteiger charge is -2.35. The largest absolute Gasteiger partial charge is 0.353 e. The molecular formula is C11H18N4O3S. The van der Waals surface area contributed by atoms with Crippen molar-refractivity contribution in [3.8, 4) is 0 Å². The summed E-state index contributed by atoms with van der Waals surface area (Å²) in [6, 6.07) is 4.28. The molecule has 19 heavy (non-hydrogen) atoms. The molecule has 1 aliphatic heterocycles. The summed E-state index contributed by atoms with van der Waals surface area (Å²) in [5, 5.41) is 12.7. The topological polar surface area (TPSA) is 102 Å². The standard InChI is InChI=1S/C11H18N4O3S/c1-12-10-8-6-7(19(16,17)18)4-5-9(8)15-11(10,13-2)14-3/h4-6,10,12-15H,1-3H3,(H,16,17,18). The maximum atomic E-state index is 11.2. The Morgan fingerprint density at radius 3 is 2.37 bits per heavy atom. The van der Waals surface area contributed by atoms with E-state index in [4.69, 9.17) is 4.55 Å². The highest BCUT2D eigenvalue weighted by atomic mass is 32.2. The van der Waals surface area contributed by atoms with Crippen molar-refractivity contribution in [1.29, 1.82) is 0 Å². The summed E-state index contributed by atoms with van der Waals surface area (Å²) < 4.78 is 31.5. The summed E-state index contributed by atoms with van der Waals surface area (Å²) in [6.45, 7) is 0. The molecule has 106 valence electrons. The number of fused-ring (bicyclic) bond motifs is 1. The second kappa shape index (κ2) is 4.73. The third kappa shape index (κ3) is 2.21. The van der Waals surface area contributed by atoms with Crippen LogP contribution in [0, 0.1) is 0 Å². The first kappa shape index (κ1) is 14.2. The van der Waals surface area contributed by atoms with Gasteiger partial charge >= 0.3 is 0 Å². The molecule has 1 unspecified atom stereocenters. The Balaban J connectivity index is 2.55. The predicted molar refractivity (Wildman–Crippen MR) is 72.5 cm³/mol. The van der Waals surface area contributed by atoms with E-state index < -0.39 is 15.9 Å². The zero-order valence-corrected chi connectivity index (χ0v) is 11.8. The Labute approximate surface area is 112 Å². The van der Waals surface area contributed by atoms with E-state index in [0.29, 0.717) is 0 Å².